The molecule has 0 aromatic heterocycles. The summed E-state index contributed by atoms with van der Waals surface area (Å²) in [7, 11) is 0. The monoisotopic (exact) mass is 164 g/mol. The second-order valence-corrected chi connectivity index (χ2v) is 2.92. The number of rotatable bonds is 4. The zero-order valence-corrected chi connectivity index (χ0v) is 7.46. The van der Waals surface area contributed by atoms with Crippen LogP contribution in [0.2, 0.25) is 0 Å². The molecule has 1 rings (SSSR count). The molecule has 0 radical (unpaired) electrons. The topological polar surface area (TPSA) is 38.0 Å². The summed E-state index contributed by atoms with van der Waals surface area (Å²) in [6, 6.07) is 10.5. The number of benzene rings is 1. The van der Waals surface area contributed by atoms with Crippen molar-refractivity contribution in [3.05, 3.63) is 35.9 Å². The zero-order valence-electron chi connectivity index (χ0n) is 7.46. The molecule has 1 atom stereocenters. The van der Waals surface area contributed by atoms with Gasteiger partial charge in [-0.25, -0.2) is 0 Å². The molecule has 0 aliphatic heterocycles. The van der Waals surface area contributed by atoms with E-state index in [1.165, 1.54) is 5.56 Å². The van der Waals surface area contributed by atoms with Crippen LogP contribution in [0.15, 0.2) is 30.3 Å². The number of nitrogens with one attached hydrogen (secondary N) is 1. The Kier molecular flexibility index (Phi) is 3.77. The first-order valence-electron chi connectivity index (χ1n) is 4.37. The van der Waals surface area contributed by atoms with Crippen LogP contribution in [0.4, 0.5) is 0 Å². The minimum absolute atomic E-state index is 0.538. The first kappa shape index (κ1) is 9.23. The molecule has 0 saturated carbocycles. The second kappa shape index (κ2) is 4.91. The third-order valence-electron chi connectivity index (χ3n) is 2.13. The Labute approximate surface area is 73.8 Å². The first-order chi connectivity index (χ1) is 5.88. The smallest absolute Gasteiger partial charge is 0.0166 e. The van der Waals surface area contributed by atoms with Gasteiger partial charge in [-0.15, -0.1) is 0 Å². The summed E-state index contributed by atoms with van der Waals surface area (Å²) in [4.78, 5) is 0. The van der Waals surface area contributed by atoms with Crippen LogP contribution in [0.1, 0.15) is 24.8 Å². The summed E-state index contributed by atoms with van der Waals surface area (Å²) in [6.07, 6.45) is 1.12. The lowest BCUT2D eigenvalue weighted by atomic mass is 9.97. The van der Waals surface area contributed by atoms with Crippen molar-refractivity contribution in [3.63, 3.8) is 0 Å². The number of hydrogen-bond donors (Lipinski definition) is 2. The normalized spacial score (nSPS) is 12.8. The summed E-state index contributed by atoms with van der Waals surface area (Å²) in [5, 5.41) is 0. The quantitative estimate of drug-likeness (QED) is 0.524. The van der Waals surface area contributed by atoms with E-state index >= 15 is 0 Å². The van der Waals surface area contributed by atoms with Crippen molar-refractivity contribution in [2.75, 3.05) is 6.54 Å². The molecule has 0 spiro atoms. The van der Waals surface area contributed by atoms with Crippen LogP contribution in [0.5, 0.6) is 0 Å². The van der Waals surface area contributed by atoms with Crippen LogP contribution in [0.3, 0.4) is 0 Å². The molecule has 0 fully saturated rings. The summed E-state index contributed by atoms with van der Waals surface area (Å²) in [6.45, 7) is 3.02. The number of hydrogen-bond acceptors (Lipinski definition) is 2. The molecular formula is C10H16N2. The van der Waals surface area contributed by atoms with Gasteiger partial charge in [0, 0.05) is 6.54 Å². The van der Waals surface area contributed by atoms with E-state index in [-0.39, 0.29) is 0 Å². The van der Waals surface area contributed by atoms with Gasteiger partial charge in [-0.1, -0.05) is 37.3 Å². The van der Waals surface area contributed by atoms with Gasteiger partial charge in [0.2, 0.25) is 0 Å². The summed E-state index contributed by atoms with van der Waals surface area (Å²) < 4.78 is 0. The molecule has 2 nitrogen and oxygen atoms in total. The predicted octanol–water partition coefficient (Wildman–Crippen LogP) is 1.64. The lowest BCUT2D eigenvalue weighted by Gasteiger charge is -2.13. The van der Waals surface area contributed by atoms with E-state index in [9.17, 15) is 0 Å². The SMILES string of the molecule is CC[C@H](CNN)c1ccccc1. The summed E-state index contributed by atoms with van der Waals surface area (Å²) in [5.74, 6) is 5.83. The highest BCUT2D eigenvalue weighted by Crippen LogP contribution is 2.17. The maximum absolute atomic E-state index is 5.29. The molecule has 1 aromatic rings. The molecule has 1 aromatic carbocycles. The Balaban J connectivity index is 2.66. The third-order valence-corrected chi connectivity index (χ3v) is 2.13. The zero-order chi connectivity index (χ0) is 8.81. The fourth-order valence-corrected chi connectivity index (χ4v) is 1.37. The lowest BCUT2D eigenvalue weighted by Crippen LogP contribution is -2.27. The lowest BCUT2D eigenvalue weighted by molar-refractivity contribution is 0.586. The fourth-order valence-electron chi connectivity index (χ4n) is 1.37. The average Bonchev–Trinajstić information content (AvgIpc) is 2.15. The minimum Gasteiger partial charge on any atom is -0.271 e. The van der Waals surface area contributed by atoms with E-state index in [0.29, 0.717) is 5.92 Å². The molecular weight excluding hydrogens is 148 g/mol. The molecule has 66 valence electrons. The maximum atomic E-state index is 5.29. The second-order valence-electron chi connectivity index (χ2n) is 2.92. The van der Waals surface area contributed by atoms with Crippen molar-refractivity contribution in [2.24, 2.45) is 5.84 Å². The number of nitrogens with two attached hydrogens (primary N) is 1. The molecule has 12 heavy (non-hydrogen) atoms. The van der Waals surface area contributed by atoms with Crippen molar-refractivity contribution in [1.29, 1.82) is 0 Å². The Hall–Kier alpha value is -0.860. The Bertz CT molecular complexity index is 208. The Morgan fingerprint density at radius 2 is 2.00 bits per heavy atom. The largest absolute Gasteiger partial charge is 0.271 e. The summed E-state index contributed by atoms with van der Waals surface area (Å²) in [5.41, 5.74) is 4.08. The van der Waals surface area contributed by atoms with Crippen LogP contribution in [0.25, 0.3) is 0 Å². The van der Waals surface area contributed by atoms with Gasteiger partial charge in [0.1, 0.15) is 0 Å². The summed E-state index contributed by atoms with van der Waals surface area (Å²) >= 11 is 0. The van der Waals surface area contributed by atoms with Crippen LogP contribution in [-0.2, 0) is 0 Å². The van der Waals surface area contributed by atoms with Crippen molar-refractivity contribution in [3.8, 4) is 0 Å². The van der Waals surface area contributed by atoms with Crippen molar-refractivity contribution >= 4 is 0 Å². The molecule has 3 N–H and O–H groups in total. The minimum atomic E-state index is 0.538. The highest BCUT2D eigenvalue weighted by Gasteiger charge is 2.06. The van der Waals surface area contributed by atoms with Gasteiger partial charge >= 0.3 is 0 Å². The van der Waals surface area contributed by atoms with E-state index in [2.05, 4.69) is 36.6 Å². The van der Waals surface area contributed by atoms with E-state index in [0.717, 1.165) is 13.0 Å². The van der Waals surface area contributed by atoms with Crippen LogP contribution < -0.4 is 11.3 Å². The van der Waals surface area contributed by atoms with Crippen molar-refractivity contribution in [1.82, 2.24) is 5.43 Å². The van der Waals surface area contributed by atoms with E-state index in [4.69, 9.17) is 5.84 Å². The molecule has 0 aliphatic carbocycles. The maximum Gasteiger partial charge on any atom is 0.0166 e. The van der Waals surface area contributed by atoms with E-state index in [1.54, 1.807) is 0 Å². The standard InChI is InChI=1S/C10H16N2/c1-2-9(8-12-11)10-6-4-3-5-7-10/h3-7,9,12H,2,8,11H2,1H3/t9-/m1/s1. The van der Waals surface area contributed by atoms with Gasteiger partial charge in [-0.3, -0.25) is 11.3 Å². The van der Waals surface area contributed by atoms with Crippen LogP contribution in [-0.4, -0.2) is 6.54 Å². The third kappa shape index (κ3) is 2.32. The number of hydrazine groups is 1. The van der Waals surface area contributed by atoms with E-state index in [1.807, 2.05) is 6.07 Å². The first-order valence-corrected chi connectivity index (χ1v) is 4.37. The Morgan fingerprint density at radius 1 is 1.33 bits per heavy atom. The highest BCUT2D eigenvalue weighted by atomic mass is 15.2. The van der Waals surface area contributed by atoms with Crippen molar-refractivity contribution in [2.45, 2.75) is 19.3 Å². The van der Waals surface area contributed by atoms with Crippen LogP contribution >= 0.6 is 0 Å². The van der Waals surface area contributed by atoms with Gasteiger partial charge in [0.05, 0.1) is 0 Å². The van der Waals surface area contributed by atoms with Gasteiger partial charge in [-0.2, -0.15) is 0 Å². The van der Waals surface area contributed by atoms with Crippen LogP contribution in [0, 0.1) is 0 Å². The molecule has 2 heteroatoms. The van der Waals surface area contributed by atoms with Gasteiger partial charge in [0.25, 0.3) is 0 Å². The average molecular weight is 164 g/mol. The molecule has 0 amide bonds. The Morgan fingerprint density at radius 3 is 2.50 bits per heavy atom. The molecule has 0 saturated heterocycles. The van der Waals surface area contributed by atoms with Gasteiger partial charge in [0.15, 0.2) is 0 Å². The highest BCUT2D eigenvalue weighted by molar-refractivity contribution is 5.19. The van der Waals surface area contributed by atoms with E-state index < -0.39 is 0 Å². The predicted molar refractivity (Wildman–Crippen MR) is 51.7 cm³/mol. The van der Waals surface area contributed by atoms with Gasteiger partial charge in [-0.05, 0) is 17.9 Å². The molecule has 0 aliphatic rings. The molecule has 0 bridgehead atoms. The van der Waals surface area contributed by atoms with Gasteiger partial charge < -0.3 is 0 Å². The fraction of sp³-hybridized carbons (Fsp3) is 0.400. The molecule has 0 heterocycles. The van der Waals surface area contributed by atoms with Crippen molar-refractivity contribution < 1.29 is 0 Å². The molecule has 0 unspecified atom stereocenters.